The maximum Gasteiger partial charge on any atom is 0.310 e. The minimum Gasteiger partial charge on any atom is -0.481 e. The Hall–Kier alpha value is -1.10. The van der Waals surface area contributed by atoms with E-state index < -0.39 is 11.4 Å². The maximum atomic E-state index is 12.4. The van der Waals surface area contributed by atoms with Crippen molar-refractivity contribution >= 4 is 11.9 Å². The molecule has 1 saturated carbocycles. The molecule has 120 valence electrons. The zero-order valence-corrected chi connectivity index (χ0v) is 13.5. The van der Waals surface area contributed by atoms with Gasteiger partial charge in [0.2, 0.25) is 5.91 Å². The Labute approximate surface area is 127 Å². The number of likely N-dealkylation sites (N-methyl/N-ethyl adjacent to an activating group) is 1. The number of carboxylic acid groups (broad SMARTS) is 1. The van der Waals surface area contributed by atoms with Crippen LogP contribution in [0, 0.1) is 11.3 Å². The molecule has 1 amide bonds. The van der Waals surface area contributed by atoms with Crippen molar-refractivity contribution in [1.29, 1.82) is 0 Å². The maximum absolute atomic E-state index is 12.4. The van der Waals surface area contributed by atoms with E-state index in [4.69, 9.17) is 0 Å². The van der Waals surface area contributed by atoms with Gasteiger partial charge in [-0.2, -0.15) is 0 Å². The van der Waals surface area contributed by atoms with Crippen LogP contribution in [0.25, 0.3) is 0 Å². The fraction of sp³-hybridized carbons (Fsp3) is 0.875. The molecule has 2 rings (SSSR count). The number of likely N-dealkylation sites (tertiary alicyclic amines) is 1. The number of carboxylic acids is 1. The number of hydrogen-bond donors (Lipinski definition) is 1. The molecular weight excluding hydrogens is 268 g/mol. The fourth-order valence-corrected chi connectivity index (χ4v) is 3.50. The molecule has 1 aliphatic carbocycles. The van der Waals surface area contributed by atoms with Crippen molar-refractivity contribution in [1.82, 2.24) is 9.80 Å². The molecule has 0 bridgehead atoms. The van der Waals surface area contributed by atoms with Crippen LogP contribution in [0.3, 0.4) is 0 Å². The highest BCUT2D eigenvalue weighted by atomic mass is 16.4. The summed E-state index contributed by atoms with van der Waals surface area (Å²) in [5, 5.41) is 9.24. The van der Waals surface area contributed by atoms with Crippen LogP contribution in [0.4, 0.5) is 0 Å². The summed E-state index contributed by atoms with van der Waals surface area (Å²) in [6, 6.07) is 0.363. The summed E-state index contributed by atoms with van der Waals surface area (Å²) in [6.45, 7) is 5.57. The lowest BCUT2D eigenvalue weighted by Crippen LogP contribution is -2.44. The van der Waals surface area contributed by atoms with E-state index in [9.17, 15) is 14.7 Å². The van der Waals surface area contributed by atoms with E-state index in [0.717, 1.165) is 18.8 Å². The monoisotopic (exact) mass is 296 g/mol. The molecule has 1 heterocycles. The molecule has 0 spiro atoms. The van der Waals surface area contributed by atoms with Gasteiger partial charge in [0, 0.05) is 19.6 Å². The first kappa shape index (κ1) is 16.3. The zero-order valence-electron chi connectivity index (χ0n) is 13.5. The minimum atomic E-state index is -0.757. The van der Waals surface area contributed by atoms with E-state index in [1.807, 2.05) is 16.8 Å². The molecule has 1 N–H and O–H groups in total. The van der Waals surface area contributed by atoms with Crippen molar-refractivity contribution in [3.8, 4) is 0 Å². The summed E-state index contributed by atoms with van der Waals surface area (Å²) < 4.78 is 0. The van der Waals surface area contributed by atoms with Crippen molar-refractivity contribution in [2.75, 3.05) is 26.7 Å². The molecule has 2 fully saturated rings. The van der Waals surface area contributed by atoms with E-state index in [0.29, 0.717) is 32.1 Å². The van der Waals surface area contributed by atoms with Gasteiger partial charge in [-0.1, -0.05) is 6.92 Å². The molecule has 0 aromatic carbocycles. The Morgan fingerprint density at radius 1 is 1.29 bits per heavy atom. The predicted molar refractivity (Wildman–Crippen MR) is 81.0 cm³/mol. The molecule has 1 saturated heterocycles. The van der Waals surface area contributed by atoms with E-state index >= 15 is 0 Å². The Kier molecular flexibility index (Phi) is 4.91. The first-order valence-electron chi connectivity index (χ1n) is 8.03. The van der Waals surface area contributed by atoms with Crippen molar-refractivity contribution in [3.63, 3.8) is 0 Å². The lowest BCUT2D eigenvalue weighted by Gasteiger charge is -2.34. The van der Waals surface area contributed by atoms with Gasteiger partial charge in [-0.05, 0) is 51.5 Å². The lowest BCUT2D eigenvalue weighted by atomic mass is 9.87. The van der Waals surface area contributed by atoms with Crippen LogP contribution in [0.15, 0.2) is 0 Å². The number of aliphatic carboxylic acids is 1. The molecule has 2 aliphatic rings. The van der Waals surface area contributed by atoms with E-state index in [-0.39, 0.29) is 5.91 Å². The van der Waals surface area contributed by atoms with Gasteiger partial charge in [0.15, 0.2) is 0 Å². The standard InChI is InChI=1S/C16H28N2O3/c1-12-4-6-13(7-5-12)17(3)14(19)10-18-9-8-16(2,11-18)15(20)21/h12-13H,4-11H2,1-3H3,(H,20,21). The molecule has 1 atom stereocenters. The Bertz CT molecular complexity index is 404. The van der Waals surface area contributed by atoms with Gasteiger partial charge in [0.05, 0.1) is 12.0 Å². The fourth-order valence-electron chi connectivity index (χ4n) is 3.50. The van der Waals surface area contributed by atoms with Crippen molar-refractivity contribution in [3.05, 3.63) is 0 Å². The average Bonchev–Trinajstić information content (AvgIpc) is 2.81. The topological polar surface area (TPSA) is 60.9 Å². The van der Waals surface area contributed by atoms with Gasteiger partial charge in [0.1, 0.15) is 0 Å². The highest BCUT2D eigenvalue weighted by molar-refractivity contribution is 5.79. The van der Waals surface area contributed by atoms with Crippen molar-refractivity contribution in [2.24, 2.45) is 11.3 Å². The Morgan fingerprint density at radius 3 is 2.43 bits per heavy atom. The first-order chi connectivity index (χ1) is 9.82. The summed E-state index contributed by atoms with van der Waals surface area (Å²) in [7, 11) is 1.90. The Balaban J connectivity index is 1.83. The molecule has 5 nitrogen and oxygen atoms in total. The van der Waals surface area contributed by atoms with Crippen LogP contribution in [0.2, 0.25) is 0 Å². The molecule has 0 aromatic rings. The summed E-state index contributed by atoms with van der Waals surface area (Å²) >= 11 is 0. The molecule has 0 radical (unpaired) electrons. The van der Waals surface area contributed by atoms with Crippen LogP contribution in [-0.2, 0) is 9.59 Å². The van der Waals surface area contributed by atoms with Gasteiger partial charge in [-0.15, -0.1) is 0 Å². The molecule has 5 heteroatoms. The predicted octanol–water partition coefficient (Wildman–Crippen LogP) is 1.82. The summed E-state index contributed by atoms with van der Waals surface area (Å²) in [6.07, 6.45) is 5.21. The minimum absolute atomic E-state index is 0.129. The van der Waals surface area contributed by atoms with E-state index in [2.05, 4.69) is 6.92 Å². The molecule has 1 aliphatic heterocycles. The number of nitrogens with zero attached hydrogens (tertiary/aromatic N) is 2. The number of amides is 1. The first-order valence-corrected chi connectivity index (χ1v) is 8.03. The van der Waals surface area contributed by atoms with E-state index in [1.54, 1.807) is 6.92 Å². The zero-order chi connectivity index (χ0) is 15.6. The van der Waals surface area contributed by atoms with E-state index in [1.165, 1.54) is 12.8 Å². The van der Waals surface area contributed by atoms with Gasteiger partial charge in [0.25, 0.3) is 0 Å². The van der Waals surface area contributed by atoms with Crippen LogP contribution < -0.4 is 0 Å². The second-order valence-corrected chi connectivity index (χ2v) is 7.24. The summed E-state index contributed by atoms with van der Waals surface area (Å²) in [5.41, 5.74) is -0.695. The second-order valence-electron chi connectivity index (χ2n) is 7.24. The molecule has 0 aromatic heterocycles. The van der Waals surface area contributed by atoms with Gasteiger partial charge < -0.3 is 10.0 Å². The lowest BCUT2D eigenvalue weighted by molar-refractivity contribution is -0.147. The van der Waals surface area contributed by atoms with Crippen LogP contribution >= 0.6 is 0 Å². The summed E-state index contributed by atoms with van der Waals surface area (Å²) in [5.74, 6) is 0.149. The molecular formula is C16H28N2O3. The second kappa shape index (κ2) is 6.34. The normalized spacial score (nSPS) is 33.9. The SMILES string of the molecule is CC1CCC(N(C)C(=O)CN2CCC(C)(C(=O)O)C2)CC1. The number of carbonyl (C=O) groups excluding carboxylic acids is 1. The average molecular weight is 296 g/mol. The van der Waals surface area contributed by atoms with Gasteiger partial charge in [-0.25, -0.2) is 0 Å². The smallest absolute Gasteiger partial charge is 0.310 e. The highest BCUT2D eigenvalue weighted by Crippen LogP contribution is 2.30. The highest BCUT2D eigenvalue weighted by Gasteiger charge is 2.41. The van der Waals surface area contributed by atoms with Crippen LogP contribution in [-0.4, -0.2) is 59.5 Å². The van der Waals surface area contributed by atoms with Crippen LogP contribution in [0.5, 0.6) is 0 Å². The third-order valence-electron chi connectivity index (χ3n) is 5.35. The van der Waals surface area contributed by atoms with Crippen molar-refractivity contribution in [2.45, 2.75) is 52.0 Å². The number of carbonyl (C=O) groups is 2. The molecule has 21 heavy (non-hydrogen) atoms. The van der Waals surface area contributed by atoms with Crippen LogP contribution in [0.1, 0.15) is 46.0 Å². The number of rotatable bonds is 4. The quantitative estimate of drug-likeness (QED) is 0.859. The van der Waals surface area contributed by atoms with Gasteiger partial charge >= 0.3 is 5.97 Å². The number of hydrogen-bond acceptors (Lipinski definition) is 3. The Morgan fingerprint density at radius 2 is 1.90 bits per heavy atom. The third-order valence-corrected chi connectivity index (χ3v) is 5.35. The third kappa shape index (κ3) is 3.76. The summed E-state index contributed by atoms with van der Waals surface area (Å²) in [4.78, 5) is 27.5. The van der Waals surface area contributed by atoms with Gasteiger partial charge in [-0.3, -0.25) is 14.5 Å². The van der Waals surface area contributed by atoms with Crippen molar-refractivity contribution < 1.29 is 14.7 Å². The largest absolute Gasteiger partial charge is 0.481 e. The molecule has 1 unspecified atom stereocenters.